The highest BCUT2D eigenvalue weighted by Crippen LogP contribution is 2.17. The fraction of sp³-hybridized carbons (Fsp3) is 0.0870. The molecule has 0 atom stereocenters. The molecule has 0 aliphatic rings. The van der Waals surface area contributed by atoms with Crippen LogP contribution in [0.3, 0.4) is 0 Å². The van der Waals surface area contributed by atoms with Gasteiger partial charge >= 0.3 is 0 Å². The summed E-state index contributed by atoms with van der Waals surface area (Å²) in [5, 5.41) is 6.77. The molecule has 0 bridgehead atoms. The Morgan fingerprint density at radius 2 is 1.65 bits per heavy atom. The van der Waals surface area contributed by atoms with Crippen molar-refractivity contribution in [3.8, 4) is 11.5 Å². The van der Waals surface area contributed by atoms with Gasteiger partial charge in [0.2, 0.25) is 0 Å². The van der Waals surface area contributed by atoms with Crippen molar-refractivity contribution in [2.45, 2.75) is 0 Å². The Kier molecular flexibility index (Phi) is 7.99. The van der Waals surface area contributed by atoms with Crippen LogP contribution in [-0.4, -0.2) is 31.7 Å². The summed E-state index contributed by atoms with van der Waals surface area (Å²) >= 11 is 2.16. The summed E-state index contributed by atoms with van der Waals surface area (Å²) < 4.78 is 11.5. The van der Waals surface area contributed by atoms with Crippen molar-refractivity contribution in [1.82, 2.24) is 5.43 Å². The van der Waals surface area contributed by atoms with Gasteiger partial charge in [-0.2, -0.15) is 5.10 Å². The molecule has 3 aromatic carbocycles. The Morgan fingerprint density at radius 3 is 2.32 bits per heavy atom. The number of carbonyl (C=O) groups excluding carboxylic acids is 2. The minimum Gasteiger partial charge on any atom is -0.497 e. The third-order valence-corrected chi connectivity index (χ3v) is 5.07. The lowest BCUT2D eigenvalue weighted by atomic mass is 10.2. The van der Waals surface area contributed by atoms with Crippen molar-refractivity contribution < 1.29 is 19.1 Å². The molecule has 3 aromatic rings. The van der Waals surface area contributed by atoms with Crippen LogP contribution in [0.25, 0.3) is 0 Å². The number of para-hydroxylation sites is 1. The topological polar surface area (TPSA) is 89.0 Å². The van der Waals surface area contributed by atoms with Gasteiger partial charge in [-0.15, -0.1) is 0 Å². The Labute approximate surface area is 193 Å². The number of benzene rings is 3. The second kappa shape index (κ2) is 11.1. The summed E-state index contributed by atoms with van der Waals surface area (Å²) in [4.78, 5) is 24.1. The number of hydrogen-bond acceptors (Lipinski definition) is 5. The smallest absolute Gasteiger partial charge is 0.271 e. The lowest BCUT2D eigenvalue weighted by molar-refractivity contribution is -0.118. The van der Waals surface area contributed by atoms with Gasteiger partial charge in [-0.25, -0.2) is 5.43 Å². The number of halogens is 1. The van der Waals surface area contributed by atoms with Gasteiger partial charge in [0.1, 0.15) is 11.5 Å². The molecule has 31 heavy (non-hydrogen) atoms. The first kappa shape index (κ1) is 22.3. The SMILES string of the molecule is COc1ccc(C(=O)N/N=C\c2ccc(OCC(=O)Nc3ccccc3I)cc2)cc1. The summed E-state index contributed by atoms with van der Waals surface area (Å²) in [5.41, 5.74) is 4.47. The summed E-state index contributed by atoms with van der Waals surface area (Å²) in [5.74, 6) is 0.668. The van der Waals surface area contributed by atoms with Gasteiger partial charge in [-0.1, -0.05) is 12.1 Å². The van der Waals surface area contributed by atoms with E-state index in [4.69, 9.17) is 9.47 Å². The maximum atomic E-state index is 12.1. The number of rotatable bonds is 8. The van der Waals surface area contributed by atoms with Gasteiger partial charge in [0.15, 0.2) is 6.61 Å². The highest BCUT2D eigenvalue weighted by atomic mass is 127. The van der Waals surface area contributed by atoms with Crippen molar-refractivity contribution in [1.29, 1.82) is 0 Å². The van der Waals surface area contributed by atoms with Gasteiger partial charge in [-0.05, 0) is 88.8 Å². The Balaban J connectivity index is 1.46. The van der Waals surface area contributed by atoms with Crippen molar-refractivity contribution in [3.63, 3.8) is 0 Å². The number of carbonyl (C=O) groups is 2. The molecule has 8 heteroatoms. The largest absolute Gasteiger partial charge is 0.497 e. The molecule has 0 aromatic heterocycles. The first-order valence-corrected chi connectivity index (χ1v) is 10.4. The van der Waals surface area contributed by atoms with Crippen LogP contribution in [0.4, 0.5) is 5.69 Å². The summed E-state index contributed by atoms with van der Waals surface area (Å²) in [7, 11) is 1.57. The van der Waals surface area contributed by atoms with Crippen LogP contribution in [-0.2, 0) is 4.79 Å². The van der Waals surface area contributed by atoms with E-state index in [9.17, 15) is 9.59 Å². The molecule has 0 radical (unpaired) electrons. The van der Waals surface area contributed by atoms with E-state index < -0.39 is 0 Å². The lowest BCUT2D eigenvalue weighted by Gasteiger charge is -2.09. The van der Waals surface area contributed by atoms with Crippen molar-refractivity contribution in [2.24, 2.45) is 5.10 Å². The summed E-state index contributed by atoms with van der Waals surface area (Å²) in [6.07, 6.45) is 1.52. The number of amides is 2. The fourth-order valence-electron chi connectivity index (χ4n) is 2.52. The monoisotopic (exact) mass is 529 g/mol. The zero-order valence-electron chi connectivity index (χ0n) is 16.7. The molecule has 0 saturated carbocycles. The highest BCUT2D eigenvalue weighted by Gasteiger charge is 2.06. The maximum absolute atomic E-state index is 12.1. The second-order valence-electron chi connectivity index (χ2n) is 6.31. The molecule has 0 unspecified atom stereocenters. The van der Waals surface area contributed by atoms with E-state index >= 15 is 0 Å². The first-order chi connectivity index (χ1) is 15.0. The van der Waals surface area contributed by atoms with E-state index in [1.54, 1.807) is 55.6 Å². The highest BCUT2D eigenvalue weighted by molar-refractivity contribution is 14.1. The molecule has 2 amide bonds. The van der Waals surface area contributed by atoms with Gasteiger partial charge in [0.25, 0.3) is 11.8 Å². The number of anilines is 1. The van der Waals surface area contributed by atoms with E-state index in [0.29, 0.717) is 17.1 Å². The number of nitrogens with one attached hydrogen (secondary N) is 2. The molecule has 0 fully saturated rings. The van der Waals surface area contributed by atoms with E-state index in [1.807, 2.05) is 24.3 Å². The molecular formula is C23H20IN3O4. The summed E-state index contributed by atoms with van der Waals surface area (Å²) in [6, 6.07) is 21.2. The van der Waals surface area contributed by atoms with Crippen LogP contribution in [0.2, 0.25) is 0 Å². The predicted octanol–water partition coefficient (Wildman–Crippen LogP) is 4.08. The Morgan fingerprint density at radius 1 is 0.968 bits per heavy atom. The Hall–Kier alpha value is -3.40. The molecule has 7 nitrogen and oxygen atoms in total. The van der Waals surface area contributed by atoms with Crippen molar-refractivity contribution in [3.05, 3.63) is 87.5 Å². The van der Waals surface area contributed by atoms with Gasteiger partial charge in [-0.3, -0.25) is 9.59 Å². The van der Waals surface area contributed by atoms with Crippen LogP contribution < -0.4 is 20.2 Å². The van der Waals surface area contributed by atoms with Gasteiger partial charge < -0.3 is 14.8 Å². The van der Waals surface area contributed by atoms with E-state index in [2.05, 4.69) is 38.4 Å². The average molecular weight is 529 g/mol. The standard InChI is InChI=1S/C23H20IN3O4/c1-30-18-12-8-17(9-13-18)23(29)27-25-14-16-6-10-19(11-7-16)31-15-22(28)26-21-5-3-2-4-20(21)24/h2-14H,15H2,1H3,(H,26,28)(H,27,29)/b25-14-. The zero-order valence-corrected chi connectivity index (χ0v) is 18.8. The molecular weight excluding hydrogens is 509 g/mol. The van der Waals surface area contributed by atoms with Gasteiger partial charge in [0.05, 0.1) is 19.0 Å². The fourth-order valence-corrected chi connectivity index (χ4v) is 3.04. The normalized spacial score (nSPS) is 10.5. The van der Waals surface area contributed by atoms with Crippen molar-refractivity contribution >= 4 is 46.3 Å². The second-order valence-corrected chi connectivity index (χ2v) is 7.48. The molecule has 0 saturated heterocycles. The minimum atomic E-state index is -0.321. The number of methoxy groups -OCH3 is 1. The molecule has 2 N–H and O–H groups in total. The Bertz CT molecular complexity index is 1070. The predicted molar refractivity (Wildman–Crippen MR) is 128 cm³/mol. The van der Waals surface area contributed by atoms with Crippen LogP contribution in [0.1, 0.15) is 15.9 Å². The van der Waals surface area contributed by atoms with Crippen LogP contribution in [0.5, 0.6) is 11.5 Å². The molecule has 0 spiro atoms. The number of hydrazone groups is 1. The number of nitrogens with zero attached hydrogens (tertiary/aromatic N) is 1. The summed E-state index contributed by atoms with van der Waals surface area (Å²) in [6.45, 7) is -0.101. The lowest BCUT2D eigenvalue weighted by Crippen LogP contribution is -2.20. The molecule has 0 aliphatic carbocycles. The third kappa shape index (κ3) is 6.82. The van der Waals surface area contributed by atoms with Crippen LogP contribution in [0, 0.1) is 3.57 Å². The van der Waals surface area contributed by atoms with E-state index in [-0.39, 0.29) is 18.4 Å². The van der Waals surface area contributed by atoms with Crippen molar-refractivity contribution in [2.75, 3.05) is 19.0 Å². The number of hydrogen-bond donors (Lipinski definition) is 2. The molecule has 0 heterocycles. The molecule has 0 aliphatic heterocycles. The molecule has 3 rings (SSSR count). The number of ether oxygens (including phenoxy) is 2. The maximum Gasteiger partial charge on any atom is 0.271 e. The first-order valence-electron chi connectivity index (χ1n) is 9.30. The zero-order chi connectivity index (χ0) is 22.1. The van der Waals surface area contributed by atoms with Crippen LogP contribution >= 0.6 is 22.6 Å². The third-order valence-electron chi connectivity index (χ3n) is 4.13. The van der Waals surface area contributed by atoms with E-state index in [1.165, 1.54) is 6.21 Å². The van der Waals surface area contributed by atoms with Gasteiger partial charge in [0, 0.05) is 9.13 Å². The van der Waals surface area contributed by atoms with E-state index in [0.717, 1.165) is 14.8 Å². The average Bonchev–Trinajstić information content (AvgIpc) is 2.80. The molecule has 158 valence electrons. The quantitative estimate of drug-likeness (QED) is 0.262. The minimum absolute atomic E-state index is 0.101. The van der Waals surface area contributed by atoms with Crippen LogP contribution in [0.15, 0.2) is 77.9 Å².